The minimum absolute atomic E-state index is 0.00329. The molecule has 1 unspecified atom stereocenters. The van der Waals surface area contributed by atoms with Gasteiger partial charge in [-0.15, -0.1) is 0 Å². The minimum atomic E-state index is -0.344. The lowest BCUT2D eigenvalue weighted by atomic mass is 10.1. The van der Waals surface area contributed by atoms with Crippen LogP contribution in [0.15, 0.2) is 42.6 Å². The summed E-state index contributed by atoms with van der Waals surface area (Å²) < 4.78 is 12.9. The molecule has 0 aliphatic carbocycles. The molecule has 0 aliphatic rings. The van der Waals surface area contributed by atoms with Gasteiger partial charge in [-0.2, -0.15) is 0 Å². The number of rotatable bonds is 5. The number of carbonyl (C=O) groups is 1. The molecule has 0 saturated heterocycles. The summed E-state index contributed by atoms with van der Waals surface area (Å²) in [5.74, 6) is -0.461. The monoisotopic (exact) mass is 287 g/mol. The number of halogens is 1. The molecule has 0 aliphatic heterocycles. The number of nitrogens with zero attached hydrogens (tertiary/aromatic N) is 1. The zero-order chi connectivity index (χ0) is 15.2. The summed E-state index contributed by atoms with van der Waals surface area (Å²) in [6.07, 6.45) is 2.03. The zero-order valence-corrected chi connectivity index (χ0v) is 12.1. The molecule has 0 saturated carbocycles. The van der Waals surface area contributed by atoms with Gasteiger partial charge in [0.25, 0.3) is 5.91 Å². The number of pyridine rings is 1. The lowest BCUT2D eigenvalue weighted by Crippen LogP contribution is -2.17. The van der Waals surface area contributed by atoms with Crippen molar-refractivity contribution in [3.63, 3.8) is 0 Å². The van der Waals surface area contributed by atoms with Gasteiger partial charge in [0.05, 0.1) is 17.9 Å². The van der Waals surface area contributed by atoms with Crippen LogP contribution in [0.4, 0.5) is 10.1 Å². The van der Waals surface area contributed by atoms with Crippen LogP contribution in [0.1, 0.15) is 35.4 Å². The van der Waals surface area contributed by atoms with Gasteiger partial charge in [0.1, 0.15) is 5.82 Å². The standard InChI is InChI=1S/C16H18FN3O/c1-3-14(15-9-6-12(17)10-19-15)20-13-7-4-11(5-8-13)16(21)18-2/h4-10,14,20H,3H2,1-2H3,(H,18,21). The molecular weight excluding hydrogens is 269 g/mol. The molecule has 1 atom stereocenters. The third-order valence-electron chi connectivity index (χ3n) is 3.23. The fourth-order valence-corrected chi connectivity index (χ4v) is 2.04. The average molecular weight is 287 g/mol. The summed E-state index contributed by atoms with van der Waals surface area (Å²) in [7, 11) is 1.60. The second-order valence-electron chi connectivity index (χ2n) is 4.66. The Morgan fingerprint density at radius 3 is 2.48 bits per heavy atom. The van der Waals surface area contributed by atoms with Crippen molar-refractivity contribution < 1.29 is 9.18 Å². The Bertz CT molecular complexity index is 596. The van der Waals surface area contributed by atoms with Gasteiger partial charge in [-0.1, -0.05) is 6.92 Å². The molecule has 0 radical (unpaired) electrons. The van der Waals surface area contributed by atoms with Gasteiger partial charge < -0.3 is 10.6 Å². The van der Waals surface area contributed by atoms with Crippen molar-refractivity contribution in [1.82, 2.24) is 10.3 Å². The maximum absolute atomic E-state index is 12.9. The lowest BCUT2D eigenvalue weighted by Gasteiger charge is -2.18. The highest BCUT2D eigenvalue weighted by Crippen LogP contribution is 2.21. The number of hydrogen-bond acceptors (Lipinski definition) is 3. The third-order valence-corrected chi connectivity index (χ3v) is 3.23. The van der Waals surface area contributed by atoms with Crippen molar-refractivity contribution in [2.45, 2.75) is 19.4 Å². The SMILES string of the molecule is CCC(Nc1ccc(C(=O)NC)cc1)c1ccc(F)cn1. The van der Waals surface area contributed by atoms with Crippen LogP contribution in [0.3, 0.4) is 0 Å². The smallest absolute Gasteiger partial charge is 0.251 e. The number of aromatic nitrogens is 1. The molecule has 1 aromatic heterocycles. The van der Waals surface area contributed by atoms with Gasteiger partial charge in [0, 0.05) is 18.3 Å². The van der Waals surface area contributed by atoms with Gasteiger partial charge in [0.2, 0.25) is 0 Å². The summed E-state index contributed by atoms with van der Waals surface area (Å²) in [5, 5.41) is 5.91. The van der Waals surface area contributed by atoms with Crippen LogP contribution in [-0.4, -0.2) is 17.9 Å². The molecule has 0 spiro atoms. The largest absolute Gasteiger partial charge is 0.377 e. The van der Waals surface area contributed by atoms with Crippen LogP contribution in [-0.2, 0) is 0 Å². The van der Waals surface area contributed by atoms with E-state index in [-0.39, 0.29) is 17.8 Å². The highest BCUT2D eigenvalue weighted by molar-refractivity contribution is 5.94. The topological polar surface area (TPSA) is 54.0 Å². The van der Waals surface area contributed by atoms with Gasteiger partial charge in [-0.25, -0.2) is 4.39 Å². The summed E-state index contributed by atoms with van der Waals surface area (Å²) in [4.78, 5) is 15.6. The zero-order valence-electron chi connectivity index (χ0n) is 12.1. The average Bonchev–Trinajstić information content (AvgIpc) is 2.53. The third kappa shape index (κ3) is 3.78. The number of carbonyl (C=O) groups excluding carboxylic acids is 1. The molecule has 2 rings (SSSR count). The van der Waals surface area contributed by atoms with E-state index in [0.717, 1.165) is 17.8 Å². The predicted octanol–water partition coefficient (Wildman–Crippen LogP) is 3.14. The van der Waals surface area contributed by atoms with Crippen LogP contribution >= 0.6 is 0 Å². The molecule has 5 heteroatoms. The van der Waals surface area contributed by atoms with Crippen molar-refractivity contribution >= 4 is 11.6 Å². The normalized spacial score (nSPS) is 11.8. The van der Waals surface area contributed by atoms with E-state index in [0.29, 0.717) is 5.56 Å². The van der Waals surface area contributed by atoms with E-state index in [1.807, 2.05) is 19.1 Å². The number of hydrogen-bond donors (Lipinski definition) is 2. The van der Waals surface area contributed by atoms with E-state index < -0.39 is 0 Å². The van der Waals surface area contributed by atoms with E-state index in [2.05, 4.69) is 15.6 Å². The quantitative estimate of drug-likeness (QED) is 0.888. The Labute approximate surface area is 123 Å². The second-order valence-corrected chi connectivity index (χ2v) is 4.66. The van der Waals surface area contributed by atoms with E-state index >= 15 is 0 Å². The van der Waals surface area contributed by atoms with Crippen LogP contribution in [0.2, 0.25) is 0 Å². The maximum Gasteiger partial charge on any atom is 0.251 e. The molecule has 110 valence electrons. The predicted molar refractivity (Wildman–Crippen MR) is 80.7 cm³/mol. The molecule has 0 bridgehead atoms. The highest BCUT2D eigenvalue weighted by atomic mass is 19.1. The van der Waals surface area contributed by atoms with Gasteiger partial charge in [-0.05, 0) is 42.8 Å². The number of benzene rings is 1. The van der Waals surface area contributed by atoms with E-state index in [1.54, 1.807) is 25.2 Å². The van der Waals surface area contributed by atoms with Crippen LogP contribution in [0, 0.1) is 5.82 Å². The van der Waals surface area contributed by atoms with Crippen LogP contribution < -0.4 is 10.6 Å². The number of nitrogens with one attached hydrogen (secondary N) is 2. The van der Waals surface area contributed by atoms with E-state index in [4.69, 9.17) is 0 Å². The first-order valence-corrected chi connectivity index (χ1v) is 6.84. The molecule has 2 N–H and O–H groups in total. The first-order valence-electron chi connectivity index (χ1n) is 6.84. The summed E-state index contributed by atoms with van der Waals surface area (Å²) in [6.45, 7) is 2.03. The molecule has 2 aromatic rings. The highest BCUT2D eigenvalue weighted by Gasteiger charge is 2.11. The Morgan fingerprint density at radius 2 is 1.95 bits per heavy atom. The molecule has 1 heterocycles. The van der Waals surface area contributed by atoms with Gasteiger partial charge in [-0.3, -0.25) is 9.78 Å². The molecule has 4 nitrogen and oxygen atoms in total. The summed E-state index contributed by atoms with van der Waals surface area (Å²) in [5.41, 5.74) is 2.28. The number of amides is 1. The molecular formula is C16H18FN3O. The van der Waals surface area contributed by atoms with Crippen molar-refractivity contribution in [3.8, 4) is 0 Å². The Kier molecular flexibility index (Phi) is 4.87. The maximum atomic E-state index is 12.9. The Balaban J connectivity index is 2.11. The first kappa shape index (κ1) is 15.0. The first-order chi connectivity index (χ1) is 10.1. The van der Waals surface area contributed by atoms with Crippen molar-refractivity contribution in [2.24, 2.45) is 0 Å². The van der Waals surface area contributed by atoms with Crippen LogP contribution in [0.5, 0.6) is 0 Å². The summed E-state index contributed by atoms with van der Waals surface area (Å²) >= 11 is 0. The lowest BCUT2D eigenvalue weighted by molar-refractivity contribution is 0.0963. The van der Waals surface area contributed by atoms with Crippen molar-refractivity contribution in [2.75, 3.05) is 12.4 Å². The second kappa shape index (κ2) is 6.83. The molecule has 1 amide bonds. The fourth-order valence-electron chi connectivity index (χ4n) is 2.04. The van der Waals surface area contributed by atoms with Gasteiger partial charge >= 0.3 is 0 Å². The molecule has 1 aromatic carbocycles. The minimum Gasteiger partial charge on any atom is -0.377 e. The summed E-state index contributed by atoms with van der Waals surface area (Å²) in [6, 6.07) is 10.3. The Hall–Kier alpha value is -2.43. The number of anilines is 1. The van der Waals surface area contributed by atoms with Crippen molar-refractivity contribution in [1.29, 1.82) is 0 Å². The van der Waals surface area contributed by atoms with Gasteiger partial charge in [0.15, 0.2) is 0 Å². The van der Waals surface area contributed by atoms with E-state index in [1.165, 1.54) is 12.3 Å². The van der Waals surface area contributed by atoms with Crippen LogP contribution in [0.25, 0.3) is 0 Å². The van der Waals surface area contributed by atoms with Crippen molar-refractivity contribution in [3.05, 3.63) is 59.7 Å². The Morgan fingerprint density at radius 1 is 1.24 bits per heavy atom. The molecule has 21 heavy (non-hydrogen) atoms. The van der Waals surface area contributed by atoms with E-state index in [9.17, 15) is 9.18 Å². The molecule has 0 fully saturated rings. The fraction of sp³-hybridized carbons (Fsp3) is 0.250.